The number of benzene rings is 1. The predicted octanol–water partition coefficient (Wildman–Crippen LogP) is 2.20. The number of carbonyl (C=O) groups is 2. The second kappa shape index (κ2) is 7.35. The third-order valence-corrected chi connectivity index (χ3v) is 5.47. The number of piperidine rings is 1. The number of halogens is 1. The number of hydrogen-bond acceptors (Lipinski definition) is 4. The Kier molecular flexibility index (Phi) is 5.32. The summed E-state index contributed by atoms with van der Waals surface area (Å²) in [5, 5.41) is 2.85. The molecular formula is C19H25ClN2O4. The van der Waals surface area contributed by atoms with Crippen LogP contribution in [-0.2, 0) is 9.59 Å². The molecule has 0 bridgehead atoms. The minimum absolute atomic E-state index is 0.0299. The minimum atomic E-state index is -1.02. The second-order valence-electron chi connectivity index (χ2n) is 7.58. The van der Waals surface area contributed by atoms with E-state index in [0.29, 0.717) is 31.1 Å². The molecule has 1 N–H and O–H groups in total. The highest BCUT2D eigenvalue weighted by atomic mass is 35.5. The molecule has 3 rings (SSSR count). The Balaban J connectivity index is 1.59. The van der Waals surface area contributed by atoms with Gasteiger partial charge in [-0.1, -0.05) is 19.1 Å². The molecular weight excluding hydrogens is 356 g/mol. The quantitative estimate of drug-likeness (QED) is 0.813. The molecule has 2 amide bonds. The summed E-state index contributed by atoms with van der Waals surface area (Å²) in [4.78, 5) is 26.3. The molecule has 0 spiro atoms. The summed E-state index contributed by atoms with van der Waals surface area (Å²) >= 11 is 5.53. The van der Waals surface area contributed by atoms with Crippen molar-refractivity contribution in [1.82, 2.24) is 10.2 Å². The van der Waals surface area contributed by atoms with Crippen LogP contribution in [0.3, 0.4) is 0 Å². The molecule has 2 heterocycles. The van der Waals surface area contributed by atoms with Crippen LogP contribution in [0.25, 0.3) is 0 Å². The Hall–Kier alpha value is -1.95. The number of nitrogens with zero attached hydrogens (tertiary/aromatic N) is 1. The van der Waals surface area contributed by atoms with Crippen LogP contribution in [0, 0.1) is 5.41 Å². The lowest BCUT2D eigenvalue weighted by Crippen LogP contribution is -2.58. The van der Waals surface area contributed by atoms with Crippen LogP contribution in [0.1, 0.15) is 26.7 Å². The van der Waals surface area contributed by atoms with Gasteiger partial charge in [0.05, 0.1) is 0 Å². The van der Waals surface area contributed by atoms with E-state index < -0.39 is 5.60 Å². The van der Waals surface area contributed by atoms with Gasteiger partial charge in [-0.2, -0.15) is 0 Å². The van der Waals surface area contributed by atoms with E-state index in [4.69, 9.17) is 21.1 Å². The number of carbonyl (C=O) groups excluding carboxylic acids is 2. The SMILES string of the molecule is CC1(CNC(=O)CCl)CCN(C(=O)C2(C)COc3ccccc3O2)CC1. The van der Waals surface area contributed by atoms with E-state index in [0.717, 1.165) is 12.8 Å². The highest BCUT2D eigenvalue weighted by Crippen LogP contribution is 2.37. The molecule has 0 aliphatic carbocycles. The highest BCUT2D eigenvalue weighted by Gasteiger charge is 2.45. The van der Waals surface area contributed by atoms with Crippen LogP contribution in [0.5, 0.6) is 11.5 Å². The van der Waals surface area contributed by atoms with Crippen molar-refractivity contribution in [3.63, 3.8) is 0 Å². The second-order valence-corrected chi connectivity index (χ2v) is 7.85. The molecule has 7 heteroatoms. The van der Waals surface area contributed by atoms with Crippen molar-refractivity contribution in [1.29, 1.82) is 0 Å². The van der Waals surface area contributed by atoms with Crippen LogP contribution >= 0.6 is 11.6 Å². The first-order chi connectivity index (χ1) is 12.4. The van der Waals surface area contributed by atoms with Gasteiger partial charge in [-0.25, -0.2) is 0 Å². The van der Waals surface area contributed by atoms with Gasteiger partial charge in [0.1, 0.15) is 12.5 Å². The summed E-state index contributed by atoms with van der Waals surface area (Å²) in [5.41, 5.74) is -1.05. The van der Waals surface area contributed by atoms with E-state index in [1.54, 1.807) is 6.92 Å². The summed E-state index contributed by atoms with van der Waals surface area (Å²) in [5.74, 6) is 1.01. The van der Waals surface area contributed by atoms with Gasteiger partial charge in [-0.15, -0.1) is 11.6 Å². The van der Waals surface area contributed by atoms with E-state index in [2.05, 4.69) is 12.2 Å². The lowest BCUT2D eigenvalue weighted by Gasteiger charge is -2.43. The summed E-state index contributed by atoms with van der Waals surface area (Å²) in [7, 11) is 0. The van der Waals surface area contributed by atoms with Crippen LogP contribution < -0.4 is 14.8 Å². The highest BCUT2D eigenvalue weighted by molar-refractivity contribution is 6.27. The average molecular weight is 381 g/mol. The van der Waals surface area contributed by atoms with Gasteiger partial charge in [0, 0.05) is 19.6 Å². The summed E-state index contributed by atoms with van der Waals surface area (Å²) in [6.45, 7) is 5.94. The molecule has 1 aromatic rings. The fourth-order valence-electron chi connectivity index (χ4n) is 3.37. The number of alkyl halides is 1. The largest absolute Gasteiger partial charge is 0.485 e. The standard InChI is InChI=1S/C19H25ClN2O4/c1-18(12-21-16(23)11-20)7-9-22(10-8-18)17(24)19(2)13-25-14-5-3-4-6-15(14)26-19/h3-6H,7-13H2,1-2H3,(H,21,23). The molecule has 1 unspecified atom stereocenters. The first-order valence-corrected chi connectivity index (χ1v) is 9.42. The fraction of sp³-hybridized carbons (Fsp3) is 0.579. The van der Waals surface area contributed by atoms with E-state index in [-0.39, 0.29) is 29.7 Å². The van der Waals surface area contributed by atoms with Crippen molar-refractivity contribution in [3.8, 4) is 11.5 Å². The Bertz CT molecular complexity index is 688. The molecule has 1 aromatic carbocycles. The van der Waals surface area contributed by atoms with Crippen LogP contribution in [0.2, 0.25) is 0 Å². The Morgan fingerprint density at radius 3 is 2.50 bits per heavy atom. The lowest BCUT2D eigenvalue weighted by molar-refractivity contribution is -0.153. The molecule has 0 saturated carbocycles. The van der Waals surface area contributed by atoms with Gasteiger partial charge in [0.25, 0.3) is 5.91 Å². The summed E-state index contributed by atoms with van der Waals surface area (Å²) in [6.07, 6.45) is 1.63. The molecule has 1 saturated heterocycles. The third-order valence-electron chi connectivity index (χ3n) is 5.23. The molecule has 0 aromatic heterocycles. The molecule has 2 aliphatic rings. The smallest absolute Gasteiger partial charge is 0.270 e. The number of fused-ring (bicyclic) bond motifs is 1. The van der Waals surface area contributed by atoms with Gasteiger partial charge in [-0.05, 0) is 37.3 Å². The zero-order valence-electron chi connectivity index (χ0n) is 15.2. The maximum atomic E-state index is 13.0. The minimum Gasteiger partial charge on any atom is -0.485 e. The summed E-state index contributed by atoms with van der Waals surface area (Å²) in [6, 6.07) is 7.38. The van der Waals surface area contributed by atoms with Gasteiger partial charge in [0.2, 0.25) is 11.5 Å². The Morgan fingerprint density at radius 2 is 1.85 bits per heavy atom. The molecule has 6 nitrogen and oxygen atoms in total. The zero-order chi connectivity index (χ0) is 18.8. The van der Waals surface area contributed by atoms with E-state index in [1.165, 1.54) is 0 Å². The number of amides is 2. The van der Waals surface area contributed by atoms with Crippen molar-refractivity contribution in [3.05, 3.63) is 24.3 Å². The normalized spacial score (nSPS) is 24.0. The maximum absolute atomic E-state index is 13.0. The lowest BCUT2D eigenvalue weighted by atomic mass is 9.80. The molecule has 26 heavy (non-hydrogen) atoms. The van der Waals surface area contributed by atoms with E-state index in [1.807, 2.05) is 29.2 Å². The van der Waals surface area contributed by atoms with Crippen molar-refractivity contribution < 1.29 is 19.1 Å². The number of ether oxygens (including phenoxy) is 2. The molecule has 0 radical (unpaired) electrons. The van der Waals surface area contributed by atoms with Crippen molar-refractivity contribution in [2.75, 3.05) is 32.1 Å². The zero-order valence-corrected chi connectivity index (χ0v) is 16.0. The Morgan fingerprint density at radius 1 is 1.19 bits per heavy atom. The molecule has 1 fully saturated rings. The molecule has 2 aliphatic heterocycles. The third kappa shape index (κ3) is 3.90. The van der Waals surface area contributed by atoms with Crippen LogP contribution in [0.15, 0.2) is 24.3 Å². The van der Waals surface area contributed by atoms with Crippen molar-refractivity contribution in [2.45, 2.75) is 32.3 Å². The number of nitrogens with one attached hydrogen (secondary N) is 1. The predicted molar refractivity (Wildman–Crippen MR) is 98.6 cm³/mol. The average Bonchev–Trinajstić information content (AvgIpc) is 2.66. The van der Waals surface area contributed by atoms with E-state index in [9.17, 15) is 9.59 Å². The first-order valence-electron chi connectivity index (χ1n) is 8.88. The van der Waals surface area contributed by atoms with Gasteiger partial charge < -0.3 is 19.7 Å². The van der Waals surface area contributed by atoms with Crippen LogP contribution in [-0.4, -0.2) is 54.4 Å². The van der Waals surface area contributed by atoms with E-state index >= 15 is 0 Å². The molecule has 142 valence electrons. The van der Waals surface area contributed by atoms with Crippen molar-refractivity contribution in [2.24, 2.45) is 5.41 Å². The summed E-state index contributed by atoms with van der Waals surface area (Å²) < 4.78 is 11.7. The number of rotatable bonds is 4. The van der Waals surface area contributed by atoms with Gasteiger partial charge in [0.15, 0.2) is 11.5 Å². The fourth-order valence-corrected chi connectivity index (χ4v) is 3.46. The topological polar surface area (TPSA) is 67.9 Å². The Labute approximate surface area is 158 Å². The molecule has 1 atom stereocenters. The van der Waals surface area contributed by atoms with Gasteiger partial charge in [-0.3, -0.25) is 9.59 Å². The van der Waals surface area contributed by atoms with Crippen molar-refractivity contribution >= 4 is 23.4 Å². The van der Waals surface area contributed by atoms with Crippen LogP contribution in [0.4, 0.5) is 0 Å². The number of likely N-dealkylation sites (tertiary alicyclic amines) is 1. The van der Waals surface area contributed by atoms with Gasteiger partial charge >= 0.3 is 0 Å². The maximum Gasteiger partial charge on any atom is 0.270 e. The number of para-hydroxylation sites is 2. The number of hydrogen-bond donors (Lipinski definition) is 1. The monoisotopic (exact) mass is 380 g/mol. The first kappa shape index (κ1) is 18.8.